The zero-order valence-electron chi connectivity index (χ0n) is 13.1. The highest BCUT2D eigenvalue weighted by molar-refractivity contribution is 7.90. The number of benzene rings is 2. The minimum atomic E-state index is -3.52. The Hall–Kier alpha value is -2.05. The molecule has 0 aromatic heterocycles. The van der Waals surface area contributed by atoms with E-state index in [0.29, 0.717) is 28.7 Å². The minimum Gasteiger partial charge on any atom is -0.487 e. The van der Waals surface area contributed by atoms with E-state index in [-0.39, 0.29) is 11.0 Å². The van der Waals surface area contributed by atoms with Gasteiger partial charge in [-0.25, -0.2) is 8.42 Å². The van der Waals surface area contributed by atoms with Gasteiger partial charge < -0.3 is 4.74 Å². The second-order valence-electron chi connectivity index (χ2n) is 5.37. The number of amidine groups is 1. The van der Waals surface area contributed by atoms with Gasteiger partial charge in [0.1, 0.15) is 17.7 Å². The molecular formula is C17H17ClN2O3S. The topological polar surface area (TPSA) is 67.8 Å². The molecule has 0 aliphatic carbocycles. The molecule has 0 saturated heterocycles. The summed E-state index contributed by atoms with van der Waals surface area (Å²) in [7, 11) is -3.52. The Bertz CT molecular complexity index is 881. The third-order valence-corrected chi connectivity index (χ3v) is 5.41. The lowest BCUT2D eigenvalue weighted by Gasteiger charge is -2.16. The SMILES string of the molecule is CCC(CN=C1NS(=O)(=O)c2ccccc21)Oc1ccccc1Cl. The van der Waals surface area contributed by atoms with E-state index in [9.17, 15) is 8.42 Å². The van der Waals surface area contributed by atoms with Crippen LogP contribution in [-0.4, -0.2) is 26.9 Å². The van der Waals surface area contributed by atoms with Crippen molar-refractivity contribution in [2.45, 2.75) is 24.3 Å². The van der Waals surface area contributed by atoms with Gasteiger partial charge >= 0.3 is 0 Å². The van der Waals surface area contributed by atoms with Crippen LogP contribution < -0.4 is 9.46 Å². The molecule has 0 spiro atoms. The van der Waals surface area contributed by atoms with Gasteiger partial charge in [0.25, 0.3) is 10.0 Å². The van der Waals surface area contributed by atoms with Gasteiger partial charge in [0.15, 0.2) is 0 Å². The number of sulfonamides is 1. The number of ether oxygens (including phenoxy) is 1. The fourth-order valence-electron chi connectivity index (χ4n) is 2.41. The zero-order chi connectivity index (χ0) is 17.2. The second kappa shape index (κ2) is 6.83. The summed E-state index contributed by atoms with van der Waals surface area (Å²) < 4.78 is 32.5. The van der Waals surface area contributed by atoms with Crippen molar-refractivity contribution in [1.29, 1.82) is 0 Å². The van der Waals surface area contributed by atoms with E-state index in [1.165, 1.54) is 0 Å². The molecule has 5 nitrogen and oxygen atoms in total. The number of hydrogen-bond donors (Lipinski definition) is 1. The summed E-state index contributed by atoms with van der Waals surface area (Å²) in [5.41, 5.74) is 0.588. The van der Waals surface area contributed by atoms with Crippen molar-refractivity contribution < 1.29 is 13.2 Å². The van der Waals surface area contributed by atoms with Crippen molar-refractivity contribution in [1.82, 2.24) is 4.72 Å². The number of para-hydroxylation sites is 1. The van der Waals surface area contributed by atoms with Crippen molar-refractivity contribution in [3.8, 4) is 5.75 Å². The molecule has 1 aliphatic rings. The molecule has 2 aromatic carbocycles. The third-order valence-electron chi connectivity index (χ3n) is 3.70. The van der Waals surface area contributed by atoms with Crippen LogP contribution in [0.25, 0.3) is 0 Å². The third kappa shape index (κ3) is 3.39. The highest BCUT2D eigenvalue weighted by Gasteiger charge is 2.30. The molecule has 2 aromatic rings. The maximum Gasteiger partial charge on any atom is 0.263 e. The number of nitrogens with one attached hydrogen (secondary N) is 1. The average molecular weight is 365 g/mol. The molecule has 1 unspecified atom stereocenters. The summed E-state index contributed by atoms with van der Waals surface area (Å²) in [6.45, 7) is 2.31. The van der Waals surface area contributed by atoms with Gasteiger partial charge in [0.05, 0.1) is 16.5 Å². The molecule has 1 atom stereocenters. The number of fused-ring (bicyclic) bond motifs is 1. The van der Waals surface area contributed by atoms with Crippen LogP contribution in [0.5, 0.6) is 5.75 Å². The average Bonchev–Trinajstić information content (AvgIpc) is 2.84. The standard InChI is InChI=1S/C17H17ClN2O3S/c1-2-12(23-15-9-5-4-8-14(15)18)11-19-17-13-7-3-6-10-16(13)24(21,22)20-17/h3-10,12H,2,11H2,1H3,(H,19,20). The van der Waals surface area contributed by atoms with Crippen LogP contribution in [0.3, 0.4) is 0 Å². The molecule has 3 rings (SSSR count). The number of rotatable bonds is 5. The molecule has 24 heavy (non-hydrogen) atoms. The van der Waals surface area contributed by atoms with E-state index < -0.39 is 10.0 Å². The van der Waals surface area contributed by atoms with Gasteiger partial charge in [-0.1, -0.05) is 42.8 Å². The Morgan fingerprint density at radius 1 is 1.17 bits per heavy atom. The summed E-state index contributed by atoms with van der Waals surface area (Å²) in [6.07, 6.45) is 0.519. The molecule has 1 heterocycles. The van der Waals surface area contributed by atoms with E-state index in [4.69, 9.17) is 16.3 Å². The van der Waals surface area contributed by atoms with Crippen molar-refractivity contribution in [3.63, 3.8) is 0 Å². The van der Waals surface area contributed by atoms with Gasteiger partial charge in [-0.15, -0.1) is 0 Å². The molecule has 126 valence electrons. The van der Waals surface area contributed by atoms with Crippen molar-refractivity contribution in [3.05, 3.63) is 59.1 Å². The highest BCUT2D eigenvalue weighted by atomic mass is 35.5. The first-order valence-corrected chi connectivity index (χ1v) is 9.45. The van der Waals surface area contributed by atoms with E-state index in [0.717, 1.165) is 6.42 Å². The number of halogens is 1. The Labute approximate surface area is 146 Å². The summed E-state index contributed by atoms with van der Waals surface area (Å²) in [5.74, 6) is 0.949. The number of aliphatic imine (C=N–C) groups is 1. The molecule has 7 heteroatoms. The minimum absolute atomic E-state index is 0.199. The van der Waals surface area contributed by atoms with Crippen LogP contribution in [0.2, 0.25) is 5.02 Å². The van der Waals surface area contributed by atoms with Crippen molar-refractivity contribution in [2.24, 2.45) is 4.99 Å². The monoisotopic (exact) mass is 364 g/mol. The van der Waals surface area contributed by atoms with Crippen LogP contribution in [-0.2, 0) is 10.0 Å². The first-order valence-electron chi connectivity index (χ1n) is 7.59. The normalized spacial score (nSPS) is 18.0. The largest absolute Gasteiger partial charge is 0.487 e. The molecule has 1 aliphatic heterocycles. The summed E-state index contributed by atoms with van der Waals surface area (Å²) >= 11 is 6.10. The number of nitrogens with zero attached hydrogens (tertiary/aromatic N) is 1. The Kier molecular flexibility index (Phi) is 4.78. The van der Waals surface area contributed by atoms with E-state index in [2.05, 4.69) is 9.71 Å². The van der Waals surface area contributed by atoms with Gasteiger partial charge in [-0.3, -0.25) is 9.71 Å². The molecule has 0 bridgehead atoms. The second-order valence-corrected chi connectivity index (χ2v) is 7.43. The molecule has 1 N–H and O–H groups in total. The van der Waals surface area contributed by atoms with Crippen LogP contribution in [0.4, 0.5) is 0 Å². The molecule has 0 radical (unpaired) electrons. The lowest BCUT2D eigenvalue weighted by Crippen LogP contribution is -2.25. The van der Waals surface area contributed by atoms with E-state index in [1.54, 1.807) is 36.4 Å². The number of hydrogen-bond acceptors (Lipinski definition) is 4. The molecule has 0 fully saturated rings. The molecule has 0 saturated carbocycles. The van der Waals surface area contributed by atoms with Gasteiger partial charge in [-0.05, 0) is 30.7 Å². The van der Waals surface area contributed by atoms with Crippen molar-refractivity contribution >= 4 is 27.5 Å². The van der Waals surface area contributed by atoms with Gasteiger partial charge in [-0.2, -0.15) is 0 Å². The summed E-state index contributed by atoms with van der Waals surface area (Å²) in [5, 5.41) is 0.538. The highest BCUT2D eigenvalue weighted by Crippen LogP contribution is 2.25. The Morgan fingerprint density at radius 2 is 1.88 bits per heavy atom. The van der Waals surface area contributed by atoms with E-state index >= 15 is 0 Å². The van der Waals surface area contributed by atoms with Gasteiger partial charge in [0.2, 0.25) is 0 Å². The van der Waals surface area contributed by atoms with E-state index in [1.807, 2.05) is 19.1 Å². The summed E-state index contributed by atoms with van der Waals surface area (Å²) in [6, 6.07) is 14.0. The smallest absolute Gasteiger partial charge is 0.263 e. The first-order chi connectivity index (χ1) is 11.5. The van der Waals surface area contributed by atoms with Crippen LogP contribution in [0, 0.1) is 0 Å². The van der Waals surface area contributed by atoms with Crippen LogP contribution in [0.1, 0.15) is 18.9 Å². The predicted octanol–water partition coefficient (Wildman–Crippen LogP) is 3.24. The fourth-order valence-corrected chi connectivity index (χ4v) is 3.85. The molecular weight excluding hydrogens is 348 g/mol. The molecule has 0 amide bonds. The van der Waals surface area contributed by atoms with Crippen LogP contribution >= 0.6 is 11.6 Å². The first kappa shape index (κ1) is 16.8. The Balaban J connectivity index is 1.79. The Morgan fingerprint density at radius 3 is 2.62 bits per heavy atom. The van der Waals surface area contributed by atoms with Gasteiger partial charge in [0, 0.05) is 5.56 Å². The lowest BCUT2D eigenvalue weighted by molar-refractivity contribution is 0.206. The quantitative estimate of drug-likeness (QED) is 0.885. The zero-order valence-corrected chi connectivity index (χ0v) is 14.6. The van der Waals surface area contributed by atoms with Crippen LogP contribution in [0.15, 0.2) is 58.4 Å². The lowest BCUT2D eigenvalue weighted by atomic mass is 10.2. The summed E-state index contributed by atoms with van der Waals surface area (Å²) in [4.78, 5) is 4.67. The predicted molar refractivity (Wildman–Crippen MR) is 94.3 cm³/mol. The maximum absolute atomic E-state index is 12.1. The van der Waals surface area contributed by atoms with Crippen molar-refractivity contribution in [2.75, 3.05) is 6.54 Å². The maximum atomic E-state index is 12.1. The fraction of sp³-hybridized carbons (Fsp3) is 0.235.